The molecule has 0 radical (unpaired) electrons. The first-order valence-corrected chi connectivity index (χ1v) is 8.84. The number of hydrogen-bond acceptors (Lipinski definition) is 8. The van der Waals surface area contributed by atoms with Crippen LogP contribution in [0.15, 0.2) is 29.6 Å². The predicted molar refractivity (Wildman–Crippen MR) is 89.8 cm³/mol. The van der Waals surface area contributed by atoms with Crippen molar-refractivity contribution in [3.8, 4) is 0 Å². The van der Waals surface area contributed by atoms with E-state index in [2.05, 4.69) is 30.3 Å². The Morgan fingerprint density at radius 2 is 2.12 bits per heavy atom. The molecule has 2 rings (SSSR count). The van der Waals surface area contributed by atoms with Gasteiger partial charge in [0.2, 0.25) is 6.35 Å². The minimum Gasteiger partial charge on any atom is -0.337 e. The van der Waals surface area contributed by atoms with E-state index in [0.29, 0.717) is 17.9 Å². The van der Waals surface area contributed by atoms with Gasteiger partial charge in [0.05, 0.1) is 0 Å². The molecule has 0 spiro atoms. The molecule has 25 heavy (non-hydrogen) atoms. The number of amidine groups is 1. The Hall–Kier alpha value is -2.44. The maximum absolute atomic E-state index is 11.8. The molecule has 0 bridgehead atoms. The van der Waals surface area contributed by atoms with E-state index in [9.17, 15) is 13.2 Å². The number of pyridine rings is 1. The summed E-state index contributed by atoms with van der Waals surface area (Å²) >= 11 is 0. The van der Waals surface area contributed by atoms with Crippen LogP contribution >= 0.6 is 0 Å². The van der Waals surface area contributed by atoms with Crippen molar-refractivity contribution >= 4 is 28.0 Å². The fourth-order valence-electron chi connectivity index (χ4n) is 2.22. The summed E-state index contributed by atoms with van der Waals surface area (Å²) in [7, 11) is -4.63. The summed E-state index contributed by atoms with van der Waals surface area (Å²) in [5.74, 6) is 0.493. The van der Waals surface area contributed by atoms with Crippen LogP contribution in [-0.4, -0.2) is 53.7 Å². The van der Waals surface area contributed by atoms with Crippen molar-refractivity contribution in [2.75, 3.05) is 11.9 Å². The number of carbonyl (C=O) groups excluding carboxylic acids is 1. The van der Waals surface area contributed by atoms with E-state index in [1.807, 2.05) is 13.8 Å². The fraction of sp³-hybridized carbons (Fsp3) is 0.462. The number of nitrogens with one attached hydrogen (secondary N) is 3. The number of amides is 2. The number of rotatable bonds is 7. The second kappa shape index (κ2) is 8.09. The normalized spacial score (nSPS) is 17.2. The highest BCUT2D eigenvalue weighted by Gasteiger charge is 2.33. The van der Waals surface area contributed by atoms with Crippen LogP contribution in [0.3, 0.4) is 0 Å². The average Bonchev–Trinajstić information content (AvgIpc) is 2.89. The number of nitrogens with zero attached hydrogens (tertiary/aromatic N) is 3. The van der Waals surface area contributed by atoms with E-state index in [4.69, 9.17) is 4.55 Å². The molecule has 11 nitrogen and oxygen atoms in total. The molecule has 0 aromatic carbocycles. The number of carbonyl (C=O) groups is 1. The fourth-order valence-corrected chi connectivity index (χ4v) is 2.59. The zero-order valence-corrected chi connectivity index (χ0v) is 14.5. The summed E-state index contributed by atoms with van der Waals surface area (Å²) in [5.41, 5.74) is 3.10. The van der Waals surface area contributed by atoms with Gasteiger partial charge in [0, 0.05) is 37.1 Å². The van der Waals surface area contributed by atoms with Crippen LogP contribution in [0.1, 0.15) is 20.3 Å². The summed E-state index contributed by atoms with van der Waals surface area (Å²) < 4.78 is 35.1. The van der Waals surface area contributed by atoms with Crippen LogP contribution in [-0.2, 0) is 14.6 Å². The summed E-state index contributed by atoms with van der Waals surface area (Å²) in [5, 5.41) is 9.31. The number of urea groups is 1. The van der Waals surface area contributed by atoms with Gasteiger partial charge in [0.15, 0.2) is 0 Å². The van der Waals surface area contributed by atoms with Gasteiger partial charge in [-0.2, -0.15) is 13.5 Å². The van der Waals surface area contributed by atoms with Crippen molar-refractivity contribution in [2.45, 2.75) is 32.7 Å². The van der Waals surface area contributed by atoms with Gasteiger partial charge in [-0.25, -0.2) is 8.98 Å². The highest BCUT2D eigenvalue weighted by atomic mass is 32.3. The molecule has 1 aromatic rings. The molecule has 1 atom stereocenters. The first kappa shape index (κ1) is 18.9. The van der Waals surface area contributed by atoms with Crippen molar-refractivity contribution in [1.82, 2.24) is 20.6 Å². The Balaban J connectivity index is 1.84. The number of hydrazone groups is 1. The molecule has 2 heterocycles. The van der Waals surface area contributed by atoms with Gasteiger partial charge in [0.25, 0.3) is 0 Å². The Kier molecular flexibility index (Phi) is 6.12. The monoisotopic (exact) mass is 372 g/mol. The van der Waals surface area contributed by atoms with E-state index in [-0.39, 0.29) is 18.6 Å². The first-order valence-electron chi connectivity index (χ1n) is 7.47. The molecule has 138 valence electrons. The van der Waals surface area contributed by atoms with Crippen molar-refractivity contribution in [3.63, 3.8) is 0 Å². The van der Waals surface area contributed by atoms with Crippen LogP contribution < -0.4 is 16.1 Å². The van der Waals surface area contributed by atoms with Gasteiger partial charge in [-0.1, -0.05) is 0 Å². The molecular formula is C13H20N6O5S. The van der Waals surface area contributed by atoms with E-state index in [0.717, 1.165) is 0 Å². The van der Waals surface area contributed by atoms with E-state index < -0.39 is 16.8 Å². The van der Waals surface area contributed by atoms with Gasteiger partial charge in [-0.15, -0.1) is 0 Å². The van der Waals surface area contributed by atoms with E-state index in [1.165, 1.54) is 0 Å². The molecule has 0 aliphatic carbocycles. The molecule has 2 amide bonds. The molecule has 0 saturated carbocycles. The van der Waals surface area contributed by atoms with Gasteiger partial charge in [0.1, 0.15) is 5.84 Å². The summed E-state index contributed by atoms with van der Waals surface area (Å²) in [6.45, 7) is 3.89. The summed E-state index contributed by atoms with van der Waals surface area (Å²) in [6, 6.07) is 2.77. The molecule has 1 aliphatic heterocycles. The lowest BCUT2D eigenvalue weighted by atomic mass is 10.3. The smallest absolute Gasteiger partial charge is 0.337 e. The van der Waals surface area contributed by atoms with Crippen molar-refractivity contribution in [2.24, 2.45) is 5.10 Å². The first-order chi connectivity index (χ1) is 11.8. The summed E-state index contributed by atoms with van der Waals surface area (Å²) in [6.07, 6.45) is 2.32. The third-order valence-corrected chi connectivity index (χ3v) is 3.62. The minimum absolute atomic E-state index is 0.147. The molecule has 1 aromatic heterocycles. The van der Waals surface area contributed by atoms with Crippen LogP contribution in [0.25, 0.3) is 0 Å². The molecule has 4 N–H and O–H groups in total. The standard InChI is InChI=1S/C13H20N6O5S/c1-9(2)19-11(17-18-13(19)24-25(21,22)23)5-8-15-12(20)16-10-3-6-14-7-4-10/h3-4,6-7,9,13,18H,5,8H2,1-2H3,(H,21,22,23)(H2,14,15,16,20). The second-order valence-corrected chi connectivity index (χ2v) is 6.45. The third-order valence-electron chi connectivity index (χ3n) is 3.20. The van der Waals surface area contributed by atoms with Crippen LogP contribution in [0.5, 0.6) is 0 Å². The lowest BCUT2D eigenvalue weighted by Crippen LogP contribution is -2.47. The second-order valence-electron chi connectivity index (χ2n) is 5.40. The maximum Gasteiger partial charge on any atom is 0.400 e. The quantitative estimate of drug-likeness (QED) is 0.501. The Bertz CT molecular complexity index is 724. The number of aromatic nitrogens is 1. The lowest BCUT2D eigenvalue weighted by Gasteiger charge is -2.29. The Morgan fingerprint density at radius 1 is 1.44 bits per heavy atom. The molecule has 12 heteroatoms. The van der Waals surface area contributed by atoms with Crippen LogP contribution in [0.4, 0.5) is 10.5 Å². The summed E-state index contributed by atoms with van der Waals surface area (Å²) in [4.78, 5) is 17.2. The molecule has 1 unspecified atom stereocenters. The number of anilines is 1. The Morgan fingerprint density at radius 3 is 2.72 bits per heavy atom. The van der Waals surface area contributed by atoms with Gasteiger partial charge in [-0.05, 0) is 26.0 Å². The third kappa shape index (κ3) is 5.85. The highest BCUT2D eigenvalue weighted by Crippen LogP contribution is 2.15. The minimum atomic E-state index is -4.63. The topological polar surface area (TPSA) is 145 Å². The molecule has 0 fully saturated rings. The van der Waals surface area contributed by atoms with Crippen molar-refractivity contribution < 1.29 is 21.9 Å². The van der Waals surface area contributed by atoms with Crippen molar-refractivity contribution in [3.05, 3.63) is 24.5 Å². The Labute approximate surface area is 145 Å². The lowest BCUT2D eigenvalue weighted by molar-refractivity contribution is 0.0429. The number of hydrogen-bond donors (Lipinski definition) is 4. The van der Waals surface area contributed by atoms with Crippen LogP contribution in [0, 0.1) is 0 Å². The van der Waals surface area contributed by atoms with E-state index in [1.54, 1.807) is 29.4 Å². The SMILES string of the molecule is CC(C)N1C(CCNC(=O)Nc2ccncc2)=NNC1OS(=O)(=O)O. The van der Waals surface area contributed by atoms with Crippen molar-refractivity contribution in [1.29, 1.82) is 0 Å². The van der Waals surface area contributed by atoms with Gasteiger partial charge in [-0.3, -0.25) is 15.0 Å². The van der Waals surface area contributed by atoms with Gasteiger partial charge < -0.3 is 15.5 Å². The van der Waals surface area contributed by atoms with Crippen LogP contribution in [0.2, 0.25) is 0 Å². The zero-order chi connectivity index (χ0) is 18.4. The van der Waals surface area contributed by atoms with E-state index >= 15 is 0 Å². The molecule has 1 aliphatic rings. The zero-order valence-electron chi connectivity index (χ0n) is 13.7. The molecular weight excluding hydrogens is 352 g/mol. The van der Waals surface area contributed by atoms with Gasteiger partial charge >= 0.3 is 16.4 Å². The largest absolute Gasteiger partial charge is 0.400 e. The predicted octanol–water partition coefficient (Wildman–Crippen LogP) is 0.323. The highest BCUT2D eigenvalue weighted by molar-refractivity contribution is 7.80. The molecule has 0 saturated heterocycles. The maximum atomic E-state index is 11.8. The average molecular weight is 372 g/mol.